The number of aromatic nitrogens is 2. The minimum Gasteiger partial charge on any atom is -0.368 e. The topological polar surface area (TPSA) is 128 Å². The van der Waals surface area contributed by atoms with Crippen LogP contribution in [0.2, 0.25) is 0 Å². The second kappa shape index (κ2) is 10.5. The Morgan fingerprint density at radius 2 is 1.83 bits per heavy atom. The highest BCUT2D eigenvalue weighted by molar-refractivity contribution is 5.89. The highest BCUT2D eigenvalue weighted by Gasteiger charge is 2.29. The van der Waals surface area contributed by atoms with Gasteiger partial charge >= 0.3 is 6.03 Å². The molecule has 3 heterocycles. The van der Waals surface area contributed by atoms with Crippen LogP contribution in [0.15, 0.2) is 53.3 Å². The molecule has 10 nitrogen and oxygen atoms in total. The zero-order valence-electron chi connectivity index (χ0n) is 20.2. The van der Waals surface area contributed by atoms with Crippen molar-refractivity contribution >= 4 is 28.5 Å². The molecule has 2 fully saturated rings. The fourth-order valence-corrected chi connectivity index (χ4v) is 5.05. The van der Waals surface area contributed by atoms with Crippen LogP contribution >= 0.6 is 0 Å². The molecule has 1 unspecified atom stereocenters. The number of hydrogen-bond donors (Lipinski definition) is 3. The lowest BCUT2D eigenvalue weighted by molar-refractivity contribution is -0.122. The van der Waals surface area contributed by atoms with Crippen LogP contribution in [-0.2, 0) is 17.9 Å². The molecule has 1 atom stereocenters. The number of carbonyl (C=O) groups excluding carboxylic acids is 2. The third kappa shape index (κ3) is 5.39. The fourth-order valence-electron chi connectivity index (χ4n) is 5.05. The molecule has 3 amide bonds. The number of anilines is 1. The highest BCUT2D eigenvalue weighted by atomic mass is 16.2. The smallest absolute Gasteiger partial charge is 0.321 e. The minimum absolute atomic E-state index is 0.134. The van der Waals surface area contributed by atoms with Gasteiger partial charge in [-0.2, -0.15) is 0 Å². The largest absolute Gasteiger partial charge is 0.368 e. The quantitative estimate of drug-likeness (QED) is 0.484. The number of nitrogens with one attached hydrogen (secondary N) is 2. The van der Waals surface area contributed by atoms with Crippen molar-refractivity contribution in [3.05, 3.63) is 70.3 Å². The molecule has 3 aromatic rings. The molecule has 5 rings (SSSR count). The van der Waals surface area contributed by atoms with Crippen molar-refractivity contribution in [2.75, 3.05) is 38.0 Å². The lowest BCUT2D eigenvalue weighted by Crippen LogP contribution is -2.49. The first-order valence-corrected chi connectivity index (χ1v) is 12.3. The van der Waals surface area contributed by atoms with E-state index in [4.69, 9.17) is 5.73 Å². The van der Waals surface area contributed by atoms with E-state index >= 15 is 0 Å². The predicted octanol–water partition coefficient (Wildman–Crippen LogP) is 1.72. The number of nitrogens with zero attached hydrogens (tertiary/aromatic N) is 4. The van der Waals surface area contributed by atoms with Gasteiger partial charge in [0.2, 0.25) is 5.91 Å². The summed E-state index contributed by atoms with van der Waals surface area (Å²) in [6.07, 6.45) is 1.76. The SMILES string of the molecule is NC(=O)C1CCCN1Cc1cccc(NC(=O)N2CCN(Cc3nc4ccccc4c(=O)[nH]3)CC2)c1. The van der Waals surface area contributed by atoms with E-state index in [-0.39, 0.29) is 23.5 Å². The Kier molecular flexibility index (Phi) is 6.97. The van der Waals surface area contributed by atoms with E-state index in [0.29, 0.717) is 56.0 Å². The van der Waals surface area contributed by atoms with Crippen molar-refractivity contribution in [2.24, 2.45) is 5.73 Å². The van der Waals surface area contributed by atoms with E-state index in [0.717, 1.165) is 30.6 Å². The molecular formula is C26H31N7O3. The van der Waals surface area contributed by atoms with Gasteiger partial charge in [-0.3, -0.25) is 19.4 Å². The van der Waals surface area contributed by atoms with Gasteiger partial charge in [-0.05, 0) is 49.2 Å². The van der Waals surface area contributed by atoms with Gasteiger partial charge in [0.15, 0.2) is 0 Å². The maximum Gasteiger partial charge on any atom is 0.321 e. The number of aromatic amines is 1. The van der Waals surface area contributed by atoms with E-state index < -0.39 is 0 Å². The summed E-state index contributed by atoms with van der Waals surface area (Å²) in [5, 5.41) is 3.58. The van der Waals surface area contributed by atoms with Crippen molar-refractivity contribution in [2.45, 2.75) is 32.0 Å². The van der Waals surface area contributed by atoms with Crippen LogP contribution in [0.5, 0.6) is 0 Å². The number of primary amides is 1. The van der Waals surface area contributed by atoms with Crippen molar-refractivity contribution in [3.8, 4) is 0 Å². The second-order valence-corrected chi connectivity index (χ2v) is 9.45. The molecule has 0 spiro atoms. The summed E-state index contributed by atoms with van der Waals surface area (Å²) in [4.78, 5) is 50.4. The number of para-hydroxylation sites is 1. The van der Waals surface area contributed by atoms with Gasteiger partial charge in [-0.1, -0.05) is 24.3 Å². The van der Waals surface area contributed by atoms with E-state index in [2.05, 4.69) is 25.1 Å². The second-order valence-electron chi connectivity index (χ2n) is 9.45. The number of urea groups is 1. The van der Waals surface area contributed by atoms with Crippen molar-refractivity contribution in [1.29, 1.82) is 0 Å². The fraction of sp³-hybridized carbons (Fsp3) is 0.385. The van der Waals surface area contributed by atoms with Crippen molar-refractivity contribution < 1.29 is 9.59 Å². The third-order valence-corrected chi connectivity index (χ3v) is 6.95. The minimum atomic E-state index is -0.279. The molecule has 36 heavy (non-hydrogen) atoms. The summed E-state index contributed by atoms with van der Waals surface area (Å²) >= 11 is 0. The van der Waals surface area contributed by atoms with Crippen LogP contribution in [0.25, 0.3) is 10.9 Å². The maximum absolute atomic E-state index is 12.9. The molecule has 188 valence electrons. The highest BCUT2D eigenvalue weighted by Crippen LogP contribution is 2.21. The number of amides is 3. The lowest BCUT2D eigenvalue weighted by Gasteiger charge is -2.34. The Balaban J connectivity index is 1.14. The number of nitrogens with two attached hydrogens (primary N) is 1. The number of benzene rings is 2. The molecule has 0 aliphatic carbocycles. The molecule has 10 heteroatoms. The Hall–Kier alpha value is -3.76. The summed E-state index contributed by atoms with van der Waals surface area (Å²) in [6, 6.07) is 14.7. The lowest BCUT2D eigenvalue weighted by atomic mass is 10.1. The average molecular weight is 490 g/mol. The molecule has 0 radical (unpaired) electrons. The molecule has 0 saturated carbocycles. The summed E-state index contributed by atoms with van der Waals surface area (Å²) < 4.78 is 0. The zero-order chi connectivity index (χ0) is 25.1. The van der Waals surface area contributed by atoms with Gasteiger partial charge < -0.3 is 20.9 Å². The maximum atomic E-state index is 12.9. The Bertz CT molecular complexity index is 1320. The summed E-state index contributed by atoms with van der Waals surface area (Å²) in [7, 11) is 0. The van der Waals surface area contributed by atoms with Gasteiger partial charge in [0, 0.05) is 38.4 Å². The molecule has 0 bridgehead atoms. The summed E-state index contributed by atoms with van der Waals surface area (Å²) in [6.45, 7) is 4.54. The summed E-state index contributed by atoms with van der Waals surface area (Å²) in [5.41, 5.74) is 7.85. The van der Waals surface area contributed by atoms with Gasteiger partial charge in [0.1, 0.15) is 5.82 Å². The van der Waals surface area contributed by atoms with Crippen LogP contribution < -0.4 is 16.6 Å². The van der Waals surface area contributed by atoms with Gasteiger partial charge in [0.25, 0.3) is 5.56 Å². The zero-order valence-corrected chi connectivity index (χ0v) is 20.2. The monoisotopic (exact) mass is 489 g/mol. The molecule has 2 aliphatic rings. The number of H-pyrrole nitrogens is 1. The molecular weight excluding hydrogens is 458 g/mol. The van der Waals surface area contributed by atoms with Crippen molar-refractivity contribution in [1.82, 2.24) is 24.7 Å². The molecule has 2 saturated heterocycles. The Labute approximate surface area is 209 Å². The van der Waals surface area contributed by atoms with E-state index in [9.17, 15) is 14.4 Å². The van der Waals surface area contributed by atoms with E-state index in [1.165, 1.54) is 0 Å². The first-order valence-electron chi connectivity index (χ1n) is 12.3. The Morgan fingerprint density at radius 3 is 2.64 bits per heavy atom. The normalized spacial score (nSPS) is 19.0. The third-order valence-electron chi connectivity index (χ3n) is 6.95. The van der Waals surface area contributed by atoms with Gasteiger partial charge in [0.05, 0.1) is 23.5 Å². The Morgan fingerprint density at radius 1 is 1.03 bits per heavy atom. The number of fused-ring (bicyclic) bond motifs is 1. The van der Waals surface area contributed by atoms with Crippen LogP contribution in [0.1, 0.15) is 24.2 Å². The van der Waals surface area contributed by atoms with Gasteiger partial charge in [-0.25, -0.2) is 9.78 Å². The molecule has 1 aromatic heterocycles. The number of likely N-dealkylation sites (tertiary alicyclic amines) is 1. The van der Waals surface area contributed by atoms with E-state index in [1.54, 1.807) is 11.0 Å². The number of carbonyl (C=O) groups is 2. The predicted molar refractivity (Wildman–Crippen MR) is 137 cm³/mol. The van der Waals surface area contributed by atoms with E-state index in [1.807, 2.05) is 42.5 Å². The number of rotatable bonds is 6. The first kappa shape index (κ1) is 24.0. The van der Waals surface area contributed by atoms with Crippen LogP contribution in [0.4, 0.5) is 10.5 Å². The number of hydrogen-bond acceptors (Lipinski definition) is 6. The molecule has 4 N–H and O–H groups in total. The number of piperazine rings is 1. The van der Waals surface area contributed by atoms with Crippen LogP contribution in [-0.4, -0.2) is 75.4 Å². The molecule has 2 aromatic carbocycles. The van der Waals surface area contributed by atoms with Gasteiger partial charge in [-0.15, -0.1) is 0 Å². The summed E-state index contributed by atoms with van der Waals surface area (Å²) in [5.74, 6) is 0.351. The van der Waals surface area contributed by atoms with Crippen molar-refractivity contribution in [3.63, 3.8) is 0 Å². The van der Waals surface area contributed by atoms with Crippen LogP contribution in [0.3, 0.4) is 0 Å². The van der Waals surface area contributed by atoms with Crippen LogP contribution in [0, 0.1) is 0 Å². The standard InChI is InChI=1S/C26H31N7O3/c27-24(34)22-9-4-10-33(22)16-18-5-3-6-19(15-18)28-26(36)32-13-11-31(12-14-32)17-23-29-21-8-2-1-7-20(21)25(35)30-23/h1-3,5-8,15,22H,4,9-14,16-17H2,(H2,27,34)(H,28,36)(H,29,30,35). The molecule has 2 aliphatic heterocycles. The first-order chi connectivity index (χ1) is 17.5. The average Bonchev–Trinajstić information content (AvgIpc) is 3.33.